The zero-order valence-electron chi connectivity index (χ0n) is 23.1. The van der Waals surface area contributed by atoms with Gasteiger partial charge in [0.25, 0.3) is 0 Å². The van der Waals surface area contributed by atoms with Gasteiger partial charge in [-0.05, 0) is 57.8 Å². The van der Waals surface area contributed by atoms with Crippen LogP contribution in [0, 0.1) is 17.3 Å². The van der Waals surface area contributed by atoms with Crippen LogP contribution in [0.25, 0.3) is 0 Å². The normalized spacial score (nSPS) is 17.1. The highest BCUT2D eigenvalue weighted by atomic mass is 16.6. The van der Waals surface area contributed by atoms with Crippen molar-refractivity contribution in [1.29, 1.82) is 0 Å². The van der Waals surface area contributed by atoms with E-state index in [1.165, 1.54) is 0 Å². The first kappa shape index (κ1) is 31.8. The van der Waals surface area contributed by atoms with Crippen LogP contribution in [-0.2, 0) is 28.7 Å². The fourth-order valence-electron chi connectivity index (χ4n) is 3.52. The monoisotopic (exact) mass is 514 g/mol. The molecule has 2 amide bonds. The van der Waals surface area contributed by atoms with Gasteiger partial charge >= 0.3 is 11.9 Å². The van der Waals surface area contributed by atoms with Crippen LogP contribution in [0.3, 0.4) is 0 Å². The van der Waals surface area contributed by atoms with Gasteiger partial charge in [0, 0.05) is 12.8 Å². The SMILES string of the molecule is CC(C)C(C)(C)OC(=O)[C@@H](CO)NC(=O)CC1(CC(=O)N[C@H](CO)C(=O)OC(C)(C)C(C)C)CCC1. The van der Waals surface area contributed by atoms with E-state index < -0.39 is 65.7 Å². The van der Waals surface area contributed by atoms with Crippen LogP contribution in [0.15, 0.2) is 0 Å². The number of hydrogen-bond donors (Lipinski definition) is 4. The maximum atomic E-state index is 12.7. The number of aliphatic hydroxyl groups excluding tert-OH is 2. The quantitative estimate of drug-likeness (QED) is 0.256. The summed E-state index contributed by atoms with van der Waals surface area (Å²) in [7, 11) is 0. The Bertz CT molecular complexity index is 727. The number of esters is 2. The molecule has 0 bridgehead atoms. The third-order valence-electron chi connectivity index (χ3n) is 7.60. The van der Waals surface area contributed by atoms with E-state index in [9.17, 15) is 29.4 Å². The number of ether oxygens (including phenoxy) is 2. The molecule has 1 aliphatic carbocycles. The molecule has 1 rings (SSSR count). The van der Waals surface area contributed by atoms with Crippen molar-refractivity contribution in [3.05, 3.63) is 0 Å². The Morgan fingerprint density at radius 1 is 0.750 bits per heavy atom. The van der Waals surface area contributed by atoms with Crippen molar-refractivity contribution >= 4 is 23.8 Å². The van der Waals surface area contributed by atoms with Crippen molar-refractivity contribution in [3.8, 4) is 0 Å². The van der Waals surface area contributed by atoms with Crippen LogP contribution in [0.4, 0.5) is 0 Å². The number of nitrogens with one attached hydrogen (secondary N) is 2. The highest BCUT2D eigenvalue weighted by Crippen LogP contribution is 2.47. The van der Waals surface area contributed by atoms with Crippen LogP contribution in [0.2, 0.25) is 0 Å². The zero-order valence-corrected chi connectivity index (χ0v) is 23.1. The lowest BCUT2D eigenvalue weighted by atomic mass is 9.64. The molecule has 0 aromatic heterocycles. The summed E-state index contributed by atoms with van der Waals surface area (Å²) >= 11 is 0. The molecular weight excluding hydrogens is 468 g/mol. The Labute approximate surface area is 214 Å². The molecule has 0 aromatic rings. The average molecular weight is 515 g/mol. The maximum absolute atomic E-state index is 12.7. The maximum Gasteiger partial charge on any atom is 0.331 e. The van der Waals surface area contributed by atoms with Gasteiger partial charge in [-0.3, -0.25) is 9.59 Å². The first-order chi connectivity index (χ1) is 16.5. The lowest BCUT2D eigenvalue weighted by molar-refractivity contribution is -0.165. The van der Waals surface area contributed by atoms with Crippen molar-refractivity contribution in [2.24, 2.45) is 17.3 Å². The first-order valence-electron chi connectivity index (χ1n) is 12.7. The number of hydrogen-bond acceptors (Lipinski definition) is 8. The lowest BCUT2D eigenvalue weighted by Gasteiger charge is -2.41. The number of carbonyl (C=O) groups excluding carboxylic acids is 4. The van der Waals surface area contributed by atoms with Crippen molar-refractivity contribution in [2.75, 3.05) is 13.2 Å². The molecular formula is C26H46N2O8. The second kappa shape index (κ2) is 12.9. The highest BCUT2D eigenvalue weighted by Gasteiger charge is 2.42. The van der Waals surface area contributed by atoms with Gasteiger partial charge in [-0.15, -0.1) is 0 Å². The molecule has 0 aromatic carbocycles. The van der Waals surface area contributed by atoms with E-state index >= 15 is 0 Å². The van der Waals surface area contributed by atoms with E-state index in [-0.39, 0.29) is 24.7 Å². The van der Waals surface area contributed by atoms with Gasteiger partial charge in [-0.2, -0.15) is 0 Å². The van der Waals surface area contributed by atoms with Gasteiger partial charge in [-0.1, -0.05) is 34.1 Å². The van der Waals surface area contributed by atoms with E-state index in [0.717, 1.165) is 6.42 Å². The number of rotatable bonds is 14. The Morgan fingerprint density at radius 2 is 1.08 bits per heavy atom. The molecule has 4 N–H and O–H groups in total. The Hall–Kier alpha value is -2.20. The van der Waals surface area contributed by atoms with Crippen molar-refractivity contribution < 1.29 is 38.9 Å². The van der Waals surface area contributed by atoms with Crippen LogP contribution >= 0.6 is 0 Å². The fraction of sp³-hybridized carbons (Fsp3) is 0.846. The third-order valence-corrected chi connectivity index (χ3v) is 7.60. The summed E-state index contributed by atoms with van der Waals surface area (Å²) in [5, 5.41) is 24.3. The molecule has 0 radical (unpaired) electrons. The van der Waals surface area contributed by atoms with Gasteiger partial charge in [0.15, 0.2) is 12.1 Å². The predicted molar refractivity (Wildman–Crippen MR) is 134 cm³/mol. The molecule has 36 heavy (non-hydrogen) atoms. The fourth-order valence-corrected chi connectivity index (χ4v) is 3.52. The van der Waals surface area contributed by atoms with E-state index in [1.807, 2.05) is 27.7 Å². The Morgan fingerprint density at radius 3 is 1.31 bits per heavy atom. The molecule has 10 heteroatoms. The average Bonchev–Trinajstić information content (AvgIpc) is 2.73. The highest BCUT2D eigenvalue weighted by molar-refractivity contribution is 5.87. The lowest BCUT2D eigenvalue weighted by Crippen LogP contribution is -2.51. The first-order valence-corrected chi connectivity index (χ1v) is 12.7. The van der Waals surface area contributed by atoms with E-state index in [0.29, 0.717) is 12.8 Å². The second-order valence-corrected chi connectivity index (χ2v) is 11.7. The molecule has 208 valence electrons. The van der Waals surface area contributed by atoms with Crippen LogP contribution < -0.4 is 10.6 Å². The van der Waals surface area contributed by atoms with Gasteiger partial charge in [-0.25, -0.2) is 9.59 Å². The molecule has 0 spiro atoms. The minimum atomic E-state index is -1.21. The molecule has 1 fully saturated rings. The van der Waals surface area contributed by atoms with Gasteiger partial charge < -0.3 is 30.3 Å². The number of carbonyl (C=O) groups is 4. The topological polar surface area (TPSA) is 151 Å². The number of aliphatic hydroxyl groups is 2. The van der Waals surface area contributed by atoms with Gasteiger partial charge in [0.2, 0.25) is 11.8 Å². The summed E-state index contributed by atoms with van der Waals surface area (Å²) in [6.07, 6.45) is 2.04. The summed E-state index contributed by atoms with van der Waals surface area (Å²) in [6, 6.07) is -2.42. The van der Waals surface area contributed by atoms with Gasteiger partial charge in [0.1, 0.15) is 11.2 Å². The second-order valence-electron chi connectivity index (χ2n) is 11.7. The van der Waals surface area contributed by atoms with Gasteiger partial charge in [0.05, 0.1) is 13.2 Å². The molecule has 0 saturated heterocycles. The summed E-state index contributed by atoms with van der Waals surface area (Å²) in [4.78, 5) is 50.4. The molecule has 2 atom stereocenters. The minimum Gasteiger partial charge on any atom is -0.458 e. The number of amides is 2. The molecule has 10 nitrogen and oxygen atoms in total. The van der Waals surface area contributed by atoms with Crippen LogP contribution in [-0.4, -0.2) is 70.5 Å². The van der Waals surface area contributed by atoms with Crippen molar-refractivity contribution in [2.45, 2.75) is 111 Å². The molecule has 1 aliphatic rings. The smallest absolute Gasteiger partial charge is 0.331 e. The standard InChI is InChI=1S/C26H46N2O8/c1-16(2)24(5,6)35-22(33)18(14-29)27-20(31)12-26(10-9-11-26)13-21(32)28-19(15-30)23(34)36-25(7,8)17(3)4/h16-19,29-30H,9-15H2,1-8H3,(H,27,31)(H,28,32)/t18-,19-/m1/s1. The molecule has 0 aliphatic heterocycles. The Kier molecular flexibility index (Phi) is 11.4. The summed E-state index contributed by atoms with van der Waals surface area (Å²) in [5.41, 5.74) is -2.16. The van der Waals surface area contributed by atoms with E-state index in [2.05, 4.69) is 10.6 Å². The molecule has 0 unspecified atom stereocenters. The minimum absolute atomic E-state index is 0.0214. The Balaban J connectivity index is 2.74. The third kappa shape index (κ3) is 9.03. The largest absolute Gasteiger partial charge is 0.458 e. The van der Waals surface area contributed by atoms with E-state index in [4.69, 9.17) is 9.47 Å². The van der Waals surface area contributed by atoms with E-state index in [1.54, 1.807) is 27.7 Å². The summed E-state index contributed by atoms with van der Waals surface area (Å²) < 4.78 is 10.9. The molecule has 1 saturated carbocycles. The zero-order chi connectivity index (χ0) is 27.9. The van der Waals surface area contributed by atoms with Crippen LogP contribution in [0.5, 0.6) is 0 Å². The van der Waals surface area contributed by atoms with Crippen molar-refractivity contribution in [1.82, 2.24) is 10.6 Å². The van der Waals surface area contributed by atoms with Crippen LogP contribution in [0.1, 0.15) is 87.5 Å². The predicted octanol–water partition coefficient (Wildman–Crippen LogP) is 1.85. The van der Waals surface area contributed by atoms with Crippen molar-refractivity contribution in [3.63, 3.8) is 0 Å². The molecule has 0 heterocycles. The summed E-state index contributed by atoms with van der Waals surface area (Å²) in [5.74, 6) is -2.33. The summed E-state index contributed by atoms with van der Waals surface area (Å²) in [6.45, 7) is 13.4.